The maximum Gasteiger partial charge on any atom is 0.0304 e. The summed E-state index contributed by atoms with van der Waals surface area (Å²) in [5.41, 5.74) is 1.72. The van der Waals surface area contributed by atoms with E-state index >= 15 is 0 Å². The molecule has 1 saturated carbocycles. The molecule has 0 saturated heterocycles. The summed E-state index contributed by atoms with van der Waals surface area (Å²) in [6, 6.07) is 3.06. The quantitative estimate of drug-likeness (QED) is 0.794. The van der Waals surface area contributed by atoms with E-state index in [1.165, 1.54) is 34.7 Å². The molecule has 0 unspecified atom stereocenters. The van der Waals surface area contributed by atoms with Gasteiger partial charge in [-0.15, -0.1) is 11.3 Å². The molecule has 1 aliphatic carbocycles. The third kappa shape index (κ3) is 5.72. The molecule has 0 amide bonds. The van der Waals surface area contributed by atoms with Crippen molar-refractivity contribution in [2.45, 2.75) is 79.1 Å². The van der Waals surface area contributed by atoms with E-state index in [0.29, 0.717) is 6.04 Å². The molecular formula is C18H32N2S. The Morgan fingerprint density at radius 1 is 1.33 bits per heavy atom. The maximum absolute atomic E-state index is 3.59. The largest absolute Gasteiger partial charge is 0.307 e. The molecule has 0 aliphatic heterocycles. The summed E-state index contributed by atoms with van der Waals surface area (Å²) in [7, 11) is 0. The van der Waals surface area contributed by atoms with E-state index in [0.717, 1.165) is 19.0 Å². The van der Waals surface area contributed by atoms with E-state index in [9.17, 15) is 0 Å². The minimum atomic E-state index is 0.188. The van der Waals surface area contributed by atoms with Crippen molar-refractivity contribution in [3.63, 3.8) is 0 Å². The van der Waals surface area contributed by atoms with Gasteiger partial charge in [-0.25, -0.2) is 0 Å². The first-order valence-electron chi connectivity index (χ1n) is 8.32. The fraction of sp³-hybridized carbons (Fsp3) is 0.778. The molecule has 2 rings (SSSR count). The van der Waals surface area contributed by atoms with Crippen molar-refractivity contribution >= 4 is 11.3 Å². The molecule has 0 bridgehead atoms. The van der Waals surface area contributed by atoms with E-state index < -0.39 is 0 Å². The van der Waals surface area contributed by atoms with Crippen molar-refractivity contribution < 1.29 is 0 Å². The number of aryl methyl sites for hydroxylation is 1. The first-order chi connectivity index (χ1) is 9.74. The second-order valence-electron chi connectivity index (χ2n) is 7.86. The first-order valence-corrected chi connectivity index (χ1v) is 9.13. The molecule has 1 N–H and O–H groups in total. The number of hydrogen-bond acceptors (Lipinski definition) is 3. The number of nitrogens with one attached hydrogen (secondary N) is 1. The van der Waals surface area contributed by atoms with Gasteiger partial charge in [0.2, 0.25) is 0 Å². The molecule has 1 aliphatic rings. The maximum atomic E-state index is 3.59. The lowest BCUT2D eigenvalue weighted by atomic mass is 10.1. The van der Waals surface area contributed by atoms with Crippen LogP contribution >= 0.6 is 11.3 Å². The van der Waals surface area contributed by atoms with Gasteiger partial charge < -0.3 is 5.32 Å². The number of rotatable bonds is 7. The summed E-state index contributed by atoms with van der Waals surface area (Å²) >= 11 is 1.95. The molecule has 3 heteroatoms. The summed E-state index contributed by atoms with van der Waals surface area (Å²) in [4.78, 5) is 5.60. The predicted molar refractivity (Wildman–Crippen MR) is 93.9 cm³/mol. The monoisotopic (exact) mass is 308 g/mol. The minimum absolute atomic E-state index is 0.188. The molecule has 0 atom stereocenters. The molecule has 1 aromatic rings. The van der Waals surface area contributed by atoms with Gasteiger partial charge in [-0.3, -0.25) is 4.90 Å². The summed E-state index contributed by atoms with van der Waals surface area (Å²) < 4.78 is 0. The van der Waals surface area contributed by atoms with Crippen molar-refractivity contribution in [2.24, 2.45) is 5.92 Å². The highest BCUT2D eigenvalue weighted by molar-refractivity contribution is 7.12. The molecule has 21 heavy (non-hydrogen) atoms. The SMILES string of the molecule is Cc1sc(CNC(C)(C)C)cc1CN(CC1CC1)C(C)C. The van der Waals surface area contributed by atoms with Gasteiger partial charge in [-0.1, -0.05) is 0 Å². The van der Waals surface area contributed by atoms with Crippen molar-refractivity contribution in [3.8, 4) is 0 Å². The zero-order chi connectivity index (χ0) is 15.6. The molecule has 1 heterocycles. The Morgan fingerprint density at radius 3 is 2.52 bits per heavy atom. The topological polar surface area (TPSA) is 15.3 Å². The van der Waals surface area contributed by atoms with E-state index in [1.54, 1.807) is 0 Å². The molecule has 1 fully saturated rings. The van der Waals surface area contributed by atoms with Gasteiger partial charge >= 0.3 is 0 Å². The zero-order valence-corrected chi connectivity index (χ0v) is 15.4. The van der Waals surface area contributed by atoms with E-state index in [1.807, 2.05) is 11.3 Å². The van der Waals surface area contributed by atoms with Crippen LogP contribution in [0.3, 0.4) is 0 Å². The van der Waals surface area contributed by atoms with Crippen LogP contribution < -0.4 is 5.32 Å². The highest BCUT2D eigenvalue weighted by Gasteiger charge is 2.26. The van der Waals surface area contributed by atoms with Crippen LogP contribution in [-0.2, 0) is 13.1 Å². The van der Waals surface area contributed by atoms with Crippen LogP contribution in [0.25, 0.3) is 0 Å². The second kappa shape index (κ2) is 6.80. The molecular weight excluding hydrogens is 276 g/mol. The van der Waals surface area contributed by atoms with Crippen LogP contribution in [0.1, 0.15) is 62.8 Å². The van der Waals surface area contributed by atoms with E-state index in [2.05, 4.69) is 57.8 Å². The third-order valence-electron chi connectivity index (χ3n) is 4.16. The lowest BCUT2D eigenvalue weighted by molar-refractivity contribution is 0.203. The molecule has 0 aromatic carbocycles. The third-order valence-corrected chi connectivity index (χ3v) is 5.25. The average molecular weight is 309 g/mol. The van der Waals surface area contributed by atoms with Crippen LogP contribution in [0.5, 0.6) is 0 Å². The molecule has 0 spiro atoms. The number of hydrogen-bond donors (Lipinski definition) is 1. The van der Waals surface area contributed by atoms with Gasteiger partial charge in [0.15, 0.2) is 0 Å². The van der Waals surface area contributed by atoms with Crippen molar-refractivity contribution in [2.75, 3.05) is 6.54 Å². The summed E-state index contributed by atoms with van der Waals surface area (Å²) in [6.45, 7) is 17.0. The van der Waals surface area contributed by atoms with Gasteiger partial charge in [-0.2, -0.15) is 0 Å². The van der Waals surface area contributed by atoms with Crippen molar-refractivity contribution in [3.05, 3.63) is 21.4 Å². The Morgan fingerprint density at radius 2 is 2.00 bits per heavy atom. The highest BCUT2D eigenvalue weighted by Crippen LogP contribution is 2.32. The smallest absolute Gasteiger partial charge is 0.0304 e. The number of thiophene rings is 1. The fourth-order valence-electron chi connectivity index (χ4n) is 2.49. The first kappa shape index (κ1) is 17.0. The summed E-state index contributed by atoms with van der Waals surface area (Å²) in [6.07, 6.45) is 2.87. The molecule has 2 nitrogen and oxygen atoms in total. The number of nitrogens with zero attached hydrogens (tertiary/aromatic N) is 1. The average Bonchev–Trinajstić information content (AvgIpc) is 3.10. The van der Waals surface area contributed by atoms with Gasteiger partial charge in [0.05, 0.1) is 0 Å². The zero-order valence-electron chi connectivity index (χ0n) is 14.6. The van der Waals surface area contributed by atoms with Crippen LogP contribution in [0.15, 0.2) is 6.07 Å². The minimum Gasteiger partial charge on any atom is -0.307 e. The van der Waals surface area contributed by atoms with Crippen LogP contribution in [0.2, 0.25) is 0 Å². The summed E-state index contributed by atoms with van der Waals surface area (Å²) in [5, 5.41) is 3.59. The fourth-order valence-corrected chi connectivity index (χ4v) is 3.49. The van der Waals surface area contributed by atoms with Gasteiger partial charge in [-0.05, 0) is 71.9 Å². The van der Waals surface area contributed by atoms with Crippen molar-refractivity contribution in [1.82, 2.24) is 10.2 Å². The highest BCUT2D eigenvalue weighted by atomic mass is 32.1. The van der Waals surface area contributed by atoms with E-state index in [4.69, 9.17) is 0 Å². The normalized spacial score (nSPS) is 16.2. The standard InChI is InChI=1S/C18H32N2S/c1-13(2)20(11-15-7-8-15)12-16-9-17(21-14(16)3)10-19-18(4,5)6/h9,13,15,19H,7-8,10-12H2,1-6H3. The van der Waals surface area contributed by atoms with E-state index in [-0.39, 0.29) is 5.54 Å². The van der Waals surface area contributed by atoms with Crippen molar-refractivity contribution in [1.29, 1.82) is 0 Å². The Balaban J connectivity index is 1.96. The Bertz CT molecular complexity index is 452. The molecule has 0 radical (unpaired) electrons. The Kier molecular flexibility index (Phi) is 5.50. The van der Waals surface area contributed by atoms with Gasteiger partial charge in [0.25, 0.3) is 0 Å². The predicted octanol–water partition coefficient (Wildman–Crippen LogP) is 4.57. The summed E-state index contributed by atoms with van der Waals surface area (Å²) in [5.74, 6) is 0.966. The lowest BCUT2D eigenvalue weighted by Gasteiger charge is -2.26. The van der Waals surface area contributed by atoms with Crippen LogP contribution in [-0.4, -0.2) is 23.0 Å². The van der Waals surface area contributed by atoms with Gasteiger partial charge in [0.1, 0.15) is 0 Å². The molecule has 1 aromatic heterocycles. The Hall–Kier alpha value is -0.380. The van der Waals surface area contributed by atoms with Gasteiger partial charge in [0, 0.05) is 41.0 Å². The second-order valence-corrected chi connectivity index (χ2v) is 9.21. The van der Waals surface area contributed by atoms with Crippen LogP contribution in [0, 0.1) is 12.8 Å². The Labute approximate surface area is 134 Å². The lowest BCUT2D eigenvalue weighted by Crippen LogP contribution is -2.34. The molecule has 120 valence electrons. The van der Waals surface area contributed by atoms with Crippen LogP contribution in [0.4, 0.5) is 0 Å².